The molecule has 84 valence electrons. The van der Waals surface area contributed by atoms with Crippen LogP contribution in [0.25, 0.3) is 0 Å². The van der Waals surface area contributed by atoms with Gasteiger partial charge in [0.05, 0.1) is 12.5 Å². The van der Waals surface area contributed by atoms with Crippen molar-refractivity contribution in [2.45, 2.75) is 18.7 Å². The monoisotopic (exact) mass is 282 g/mol. The maximum absolute atomic E-state index is 12.2. The first kappa shape index (κ1) is 12.5. The van der Waals surface area contributed by atoms with Crippen LogP contribution in [0.2, 0.25) is 0 Å². The van der Waals surface area contributed by atoms with Gasteiger partial charge in [-0.05, 0) is 11.6 Å². The molecular formula is C10H10BrF3O. The van der Waals surface area contributed by atoms with Crippen molar-refractivity contribution in [3.8, 4) is 0 Å². The van der Waals surface area contributed by atoms with E-state index in [9.17, 15) is 13.2 Å². The lowest BCUT2D eigenvalue weighted by Gasteiger charge is -2.18. The third-order valence-electron chi connectivity index (χ3n) is 1.95. The quantitative estimate of drug-likeness (QED) is 0.811. The molecule has 0 radical (unpaired) electrons. The second-order valence-electron chi connectivity index (χ2n) is 3.07. The van der Waals surface area contributed by atoms with Gasteiger partial charge in [-0.25, -0.2) is 0 Å². The van der Waals surface area contributed by atoms with E-state index in [1.165, 1.54) is 7.11 Å². The summed E-state index contributed by atoms with van der Waals surface area (Å²) in [5.74, 6) is 0. The summed E-state index contributed by atoms with van der Waals surface area (Å²) in [6.45, 7) is 0. The standard InChI is InChI=1S/C10H10BrF3O/c1-15-9(6-10(12,13)14)7-4-2-3-5-8(7)11/h2-5,9H,6H2,1H3. The predicted molar refractivity (Wildman–Crippen MR) is 54.6 cm³/mol. The summed E-state index contributed by atoms with van der Waals surface area (Å²) >= 11 is 3.20. The van der Waals surface area contributed by atoms with Crippen molar-refractivity contribution in [1.82, 2.24) is 0 Å². The first-order valence-corrected chi connectivity index (χ1v) is 5.07. The molecule has 0 aliphatic carbocycles. The van der Waals surface area contributed by atoms with Crippen LogP contribution in [0.15, 0.2) is 28.7 Å². The number of rotatable bonds is 3. The Bertz CT molecular complexity index is 325. The van der Waals surface area contributed by atoms with Crippen LogP contribution in [0.4, 0.5) is 13.2 Å². The van der Waals surface area contributed by atoms with Crippen molar-refractivity contribution in [2.75, 3.05) is 7.11 Å². The molecule has 0 saturated heterocycles. The van der Waals surface area contributed by atoms with E-state index in [2.05, 4.69) is 15.9 Å². The van der Waals surface area contributed by atoms with Crippen molar-refractivity contribution in [3.63, 3.8) is 0 Å². The zero-order valence-electron chi connectivity index (χ0n) is 8.01. The zero-order chi connectivity index (χ0) is 11.5. The van der Waals surface area contributed by atoms with Crippen LogP contribution >= 0.6 is 15.9 Å². The fourth-order valence-corrected chi connectivity index (χ4v) is 1.81. The minimum Gasteiger partial charge on any atom is -0.376 e. The van der Waals surface area contributed by atoms with Crippen LogP contribution in [0.5, 0.6) is 0 Å². The molecule has 0 saturated carbocycles. The van der Waals surface area contributed by atoms with Gasteiger partial charge in [-0.1, -0.05) is 34.1 Å². The van der Waals surface area contributed by atoms with Gasteiger partial charge in [0.1, 0.15) is 0 Å². The van der Waals surface area contributed by atoms with E-state index in [-0.39, 0.29) is 0 Å². The van der Waals surface area contributed by atoms with Crippen molar-refractivity contribution in [3.05, 3.63) is 34.3 Å². The first-order chi connectivity index (χ1) is 6.94. The van der Waals surface area contributed by atoms with Crippen molar-refractivity contribution in [1.29, 1.82) is 0 Å². The normalized spacial score (nSPS) is 13.9. The lowest BCUT2D eigenvalue weighted by atomic mass is 10.1. The molecule has 0 aliphatic heterocycles. The summed E-state index contributed by atoms with van der Waals surface area (Å²) < 4.78 is 42.1. The molecule has 0 amide bonds. The molecule has 5 heteroatoms. The fourth-order valence-electron chi connectivity index (χ4n) is 1.27. The molecule has 1 aromatic carbocycles. The topological polar surface area (TPSA) is 9.23 Å². The Morgan fingerprint density at radius 2 is 1.93 bits per heavy atom. The minimum absolute atomic E-state index is 0.511. The molecule has 1 aromatic rings. The predicted octanol–water partition coefficient (Wildman–Crippen LogP) is 4.09. The second kappa shape index (κ2) is 4.99. The summed E-state index contributed by atoms with van der Waals surface area (Å²) in [5.41, 5.74) is 0.511. The third kappa shape index (κ3) is 3.83. The van der Waals surface area contributed by atoms with E-state index >= 15 is 0 Å². The highest BCUT2D eigenvalue weighted by molar-refractivity contribution is 9.10. The summed E-state index contributed by atoms with van der Waals surface area (Å²) in [7, 11) is 1.27. The van der Waals surface area contributed by atoms with E-state index in [0.29, 0.717) is 10.0 Å². The average Bonchev–Trinajstić information content (AvgIpc) is 2.14. The molecular weight excluding hydrogens is 273 g/mol. The molecule has 0 aliphatic rings. The summed E-state index contributed by atoms with van der Waals surface area (Å²) in [6, 6.07) is 6.73. The van der Waals surface area contributed by atoms with Gasteiger partial charge in [0.15, 0.2) is 0 Å². The molecule has 0 aromatic heterocycles. The zero-order valence-corrected chi connectivity index (χ0v) is 9.60. The Hall–Kier alpha value is -0.550. The molecule has 0 fully saturated rings. The Balaban J connectivity index is 2.88. The van der Waals surface area contributed by atoms with Gasteiger partial charge in [0.2, 0.25) is 0 Å². The minimum atomic E-state index is -4.23. The van der Waals surface area contributed by atoms with Gasteiger partial charge < -0.3 is 4.74 Å². The van der Waals surface area contributed by atoms with Gasteiger partial charge in [-0.2, -0.15) is 13.2 Å². The molecule has 1 rings (SSSR count). The van der Waals surface area contributed by atoms with Gasteiger partial charge >= 0.3 is 6.18 Å². The number of methoxy groups -OCH3 is 1. The lowest BCUT2D eigenvalue weighted by Crippen LogP contribution is -2.15. The summed E-state index contributed by atoms with van der Waals surface area (Å²) in [5, 5.41) is 0. The highest BCUT2D eigenvalue weighted by atomic mass is 79.9. The van der Waals surface area contributed by atoms with Crippen molar-refractivity contribution in [2.24, 2.45) is 0 Å². The SMILES string of the molecule is COC(CC(F)(F)F)c1ccccc1Br. The van der Waals surface area contributed by atoms with Gasteiger partial charge in [0, 0.05) is 11.6 Å². The van der Waals surface area contributed by atoms with E-state index in [1.807, 2.05) is 0 Å². The number of alkyl halides is 3. The third-order valence-corrected chi connectivity index (χ3v) is 2.68. The summed E-state index contributed by atoms with van der Waals surface area (Å²) in [6.07, 6.45) is -6.16. The highest BCUT2D eigenvalue weighted by Crippen LogP contribution is 2.34. The van der Waals surface area contributed by atoms with Crippen LogP contribution in [-0.4, -0.2) is 13.3 Å². The van der Waals surface area contributed by atoms with Gasteiger partial charge in [0.25, 0.3) is 0 Å². The number of hydrogen-bond acceptors (Lipinski definition) is 1. The summed E-state index contributed by atoms with van der Waals surface area (Å²) in [4.78, 5) is 0. The molecule has 0 N–H and O–H groups in total. The van der Waals surface area contributed by atoms with Gasteiger partial charge in [-0.15, -0.1) is 0 Å². The number of benzene rings is 1. The van der Waals surface area contributed by atoms with E-state index < -0.39 is 18.7 Å². The number of ether oxygens (including phenoxy) is 1. The Kier molecular flexibility index (Phi) is 4.16. The van der Waals surface area contributed by atoms with Crippen LogP contribution in [0.1, 0.15) is 18.1 Å². The smallest absolute Gasteiger partial charge is 0.376 e. The van der Waals surface area contributed by atoms with Crippen LogP contribution in [0, 0.1) is 0 Å². The molecule has 1 atom stereocenters. The van der Waals surface area contributed by atoms with Crippen molar-refractivity contribution < 1.29 is 17.9 Å². The fraction of sp³-hybridized carbons (Fsp3) is 0.400. The van der Waals surface area contributed by atoms with Crippen molar-refractivity contribution >= 4 is 15.9 Å². The molecule has 0 heterocycles. The average molecular weight is 283 g/mol. The largest absolute Gasteiger partial charge is 0.391 e. The van der Waals surface area contributed by atoms with Crippen LogP contribution in [0.3, 0.4) is 0 Å². The van der Waals surface area contributed by atoms with Crippen LogP contribution < -0.4 is 0 Å². The maximum atomic E-state index is 12.2. The number of halogens is 4. The maximum Gasteiger partial charge on any atom is 0.391 e. The molecule has 15 heavy (non-hydrogen) atoms. The molecule has 1 nitrogen and oxygen atoms in total. The van der Waals surface area contributed by atoms with Crippen LogP contribution in [-0.2, 0) is 4.74 Å². The second-order valence-corrected chi connectivity index (χ2v) is 3.92. The number of hydrogen-bond donors (Lipinski definition) is 0. The molecule has 0 spiro atoms. The molecule has 1 unspecified atom stereocenters. The van der Waals surface area contributed by atoms with E-state index in [4.69, 9.17) is 4.74 Å². The Morgan fingerprint density at radius 3 is 2.40 bits per heavy atom. The lowest BCUT2D eigenvalue weighted by molar-refractivity contribution is -0.158. The van der Waals surface area contributed by atoms with E-state index in [0.717, 1.165) is 0 Å². The Labute approximate surface area is 94.4 Å². The Morgan fingerprint density at radius 1 is 1.33 bits per heavy atom. The highest BCUT2D eigenvalue weighted by Gasteiger charge is 2.33. The van der Waals surface area contributed by atoms with E-state index in [1.54, 1.807) is 24.3 Å². The first-order valence-electron chi connectivity index (χ1n) is 4.28. The van der Waals surface area contributed by atoms with Gasteiger partial charge in [-0.3, -0.25) is 0 Å². The molecule has 0 bridgehead atoms.